The number of rotatable bonds is 16. The zero-order valence-corrected chi connectivity index (χ0v) is 34.2. The van der Waals surface area contributed by atoms with Gasteiger partial charge in [-0.2, -0.15) is 0 Å². The van der Waals surface area contributed by atoms with Crippen molar-refractivity contribution >= 4 is 0 Å². The van der Waals surface area contributed by atoms with Crippen molar-refractivity contribution in [3.05, 3.63) is 105 Å². The van der Waals surface area contributed by atoms with E-state index in [1.165, 1.54) is 39.0 Å². The molecule has 2 heteroatoms. The summed E-state index contributed by atoms with van der Waals surface area (Å²) in [6.45, 7) is 34.7. The molecule has 0 saturated heterocycles. The lowest BCUT2D eigenvalue weighted by Crippen LogP contribution is -2.68. The highest BCUT2D eigenvalue weighted by molar-refractivity contribution is 5.44. The first-order valence-electron chi connectivity index (χ1n) is 18.4. The number of hydrogen-bond acceptors (Lipinski definition) is 2. The van der Waals surface area contributed by atoms with Crippen molar-refractivity contribution < 1.29 is 10.2 Å². The maximum Gasteiger partial charge on any atom is 0.131 e. The van der Waals surface area contributed by atoms with Gasteiger partial charge < -0.3 is 10.2 Å². The van der Waals surface area contributed by atoms with E-state index in [4.69, 9.17) is 0 Å². The third-order valence-electron chi connectivity index (χ3n) is 10.6. The first-order valence-corrected chi connectivity index (χ1v) is 18.4. The SMILES string of the molecule is CC(C)=CCC1=C(O)C(O)(CC=C(C)C)C(CC=C(C)C)(CC=C(C)C)C(CC=C(C)C)(CC=C(C)C)C1(CC=C(C)C)CC=C(C)C. The van der Waals surface area contributed by atoms with Crippen LogP contribution >= 0.6 is 0 Å². The van der Waals surface area contributed by atoms with Crippen molar-refractivity contribution in [3.63, 3.8) is 0 Å². The molecule has 0 saturated carbocycles. The number of hydrogen-bond donors (Lipinski definition) is 2. The van der Waals surface area contributed by atoms with Crippen LogP contribution in [0.2, 0.25) is 0 Å². The Bertz CT molecular complexity index is 1300. The van der Waals surface area contributed by atoms with Crippen LogP contribution < -0.4 is 0 Å². The first kappa shape index (κ1) is 43.4. The van der Waals surface area contributed by atoms with Crippen LogP contribution in [0, 0.1) is 16.2 Å². The average molecular weight is 659 g/mol. The maximum absolute atomic E-state index is 13.8. The molecule has 0 fully saturated rings. The van der Waals surface area contributed by atoms with Gasteiger partial charge in [-0.3, -0.25) is 0 Å². The summed E-state index contributed by atoms with van der Waals surface area (Å²) in [6.07, 6.45) is 24.2. The van der Waals surface area contributed by atoms with E-state index in [0.717, 1.165) is 36.8 Å². The van der Waals surface area contributed by atoms with Crippen LogP contribution in [0.25, 0.3) is 0 Å². The normalized spacial score (nSPS) is 18.9. The molecule has 2 nitrogen and oxygen atoms in total. The Morgan fingerprint density at radius 2 is 0.667 bits per heavy atom. The molecule has 2 N–H and O–H groups in total. The molecule has 270 valence electrons. The van der Waals surface area contributed by atoms with E-state index in [9.17, 15) is 10.2 Å². The molecule has 1 unspecified atom stereocenters. The molecule has 1 atom stereocenters. The fraction of sp³-hybridized carbons (Fsp3) is 0.609. The standard InChI is InChI=1S/C46H74O2/c1-33(2)17-18-41-42(47)46(48,32-25-40(15)16)45(30-23-38(11)12,31-24-39(13)14)44(28-21-36(7)8,29-22-37(9)10)43(41,26-19-34(3)4)27-20-35(5)6/h17,19-25,47-48H,18,26-32H2,1-16H3. The fourth-order valence-corrected chi connectivity index (χ4v) is 7.75. The van der Waals surface area contributed by atoms with Gasteiger partial charge in [-0.1, -0.05) is 93.2 Å². The van der Waals surface area contributed by atoms with Crippen molar-refractivity contribution in [1.29, 1.82) is 0 Å². The molecule has 0 spiro atoms. The van der Waals surface area contributed by atoms with Crippen LogP contribution in [0.1, 0.15) is 162 Å². The van der Waals surface area contributed by atoms with Crippen molar-refractivity contribution in [2.75, 3.05) is 0 Å². The average Bonchev–Trinajstić information content (AvgIpc) is 2.96. The predicted molar refractivity (Wildman–Crippen MR) is 214 cm³/mol. The Morgan fingerprint density at radius 1 is 0.396 bits per heavy atom. The Hall–Kier alpha value is -2.58. The molecule has 0 radical (unpaired) electrons. The van der Waals surface area contributed by atoms with E-state index < -0.39 is 21.8 Å². The fourth-order valence-electron chi connectivity index (χ4n) is 7.75. The smallest absolute Gasteiger partial charge is 0.131 e. The highest BCUT2D eigenvalue weighted by atomic mass is 16.3. The van der Waals surface area contributed by atoms with Gasteiger partial charge in [0, 0.05) is 17.3 Å². The highest BCUT2D eigenvalue weighted by Crippen LogP contribution is 2.74. The zero-order valence-electron chi connectivity index (χ0n) is 34.2. The van der Waals surface area contributed by atoms with Gasteiger partial charge in [0.2, 0.25) is 0 Å². The molecule has 0 amide bonds. The predicted octanol–water partition coefficient (Wildman–Crippen LogP) is 14.4. The summed E-state index contributed by atoms with van der Waals surface area (Å²) in [5.74, 6) is 0.191. The number of aliphatic hydroxyl groups excluding tert-OH is 1. The molecular weight excluding hydrogens is 585 g/mol. The minimum absolute atomic E-state index is 0.191. The molecule has 1 aliphatic rings. The topological polar surface area (TPSA) is 40.5 Å². The van der Waals surface area contributed by atoms with Crippen molar-refractivity contribution in [2.45, 2.75) is 168 Å². The molecule has 1 aliphatic carbocycles. The van der Waals surface area contributed by atoms with Crippen molar-refractivity contribution in [2.24, 2.45) is 16.2 Å². The molecule has 0 bridgehead atoms. The molecule has 1 rings (SSSR count). The van der Waals surface area contributed by atoms with E-state index >= 15 is 0 Å². The van der Waals surface area contributed by atoms with Gasteiger partial charge in [0.05, 0.1) is 0 Å². The maximum atomic E-state index is 13.8. The quantitative estimate of drug-likeness (QED) is 0.162. The first-order chi connectivity index (χ1) is 22.1. The Labute approximate surface area is 298 Å². The van der Waals surface area contributed by atoms with Crippen LogP contribution in [0.5, 0.6) is 0 Å². The number of allylic oxidation sites excluding steroid dienone is 16. The van der Waals surface area contributed by atoms with E-state index in [1.807, 2.05) is 0 Å². The van der Waals surface area contributed by atoms with Crippen LogP contribution in [0.15, 0.2) is 105 Å². The Balaban J connectivity index is 5.16. The van der Waals surface area contributed by atoms with E-state index in [-0.39, 0.29) is 5.76 Å². The summed E-state index contributed by atoms with van der Waals surface area (Å²) in [7, 11) is 0. The van der Waals surface area contributed by atoms with E-state index in [1.54, 1.807) is 0 Å². The Kier molecular flexibility index (Phi) is 16.7. The second kappa shape index (κ2) is 18.4. The largest absolute Gasteiger partial charge is 0.509 e. The number of aliphatic hydroxyl groups is 2. The zero-order chi connectivity index (χ0) is 37.1. The van der Waals surface area contributed by atoms with Crippen LogP contribution in [-0.4, -0.2) is 15.8 Å². The molecule has 0 aromatic rings. The summed E-state index contributed by atoms with van der Waals surface area (Å²) in [6, 6.07) is 0. The molecule has 0 aromatic heterocycles. The third kappa shape index (κ3) is 10.2. The molecule has 48 heavy (non-hydrogen) atoms. The molecule has 0 heterocycles. The van der Waals surface area contributed by atoms with E-state index in [0.29, 0.717) is 25.7 Å². The summed E-state index contributed by atoms with van der Waals surface area (Å²) in [5, 5.41) is 26.9. The van der Waals surface area contributed by atoms with Crippen LogP contribution in [0.4, 0.5) is 0 Å². The van der Waals surface area contributed by atoms with Gasteiger partial charge in [0.15, 0.2) is 0 Å². The molecule has 0 aromatic carbocycles. The van der Waals surface area contributed by atoms with Crippen molar-refractivity contribution in [3.8, 4) is 0 Å². The minimum Gasteiger partial charge on any atom is -0.509 e. The summed E-state index contributed by atoms with van der Waals surface area (Å²) in [5.41, 5.74) is 7.70. The summed E-state index contributed by atoms with van der Waals surface area (Å²) in [4.78, 5) is 0. The lowest BCUT2D eigenvalue weighted by molar-refractivity contribution is -0.205. The summed E-state index contributed by atoms with van der Waals surface area (Å²) < 4.78 is 0. The van der Waals surface area contributed by atoms with Gasteiger partial charge in [-0.25, -0.2) is 0 Å². The molecular formula is C46H74O2. The lowest BCUT2D eigenvalue weighted by Gasteiger charge is -2.69. The minimum atomic E-state index is -1.50. The van der Waals surface area contributed by atoms with Crippen LogP contribution in [0.3, 0.4) is 0 Å². The highest BCUT2D eigenvalue weighted by Gasteiger charge is 2.72. The molecule has 0 aliphatic heterocycles. The van der Waals surface area contributed by atoms with E-state index in [2.05, 4.69) is 159 Å². The summed E-state index contributed by atoms with van der Waals surface area (Å²) >= 11 is 0. The lowest BCUT2D eigenvalue weighted by atomic mass is 9.35. The Morgan fingerprint density at radius 3 is 0.979 bits per heavy atom. The van der Waals surface area contributed by atoms with Gasteiger partial charge in [0.1, 0.15) is 11.4 Å². The van der Waals surface area contributed by atoms with Gasteiger partial charge in [-0.15, -0.1) is 0 Å². The monoisotopic (exact) mass is 659 g/mol. The van der Waals surface area contributed by atoms with Gasteiger partial charge in [-0.05, 0) is 167 Å². The van der Waals surface area contributed by atoms with Crippen LogP contribution in [-0.2, 0) is 0 Å². The van der Waals surface area contributed by atoms with Gasteiger partial charge in [0.25, 0.3) is 0 Å². The second-order valence-electron chi connectivity index (χ2n) is 16.8. The third-order valence-corrected chi connectivity index (χ3v) is 10.6. The van der Waals surface area contributed by atoms with Crippen molar-refractivity contribution in [1.82, 2.24) is 0 Å². The van der Waals surface area contributed by atoms with Gasteiger partial charge >= 0.3 is 0 Å². The second-order valence-corrected chi connectivity index (χ2v) is 16.8.